The maximum Gasteiger partial charge on any atom is 0.247 e. The molecule has 0 saturated carbocycles. The molecule has 2 heterocycles. The Bertz CT molecular complexity index is 1220. The Morgan fingerprint density at radius 1 is 1.17 bits per heavy atom. The van der Waals surface area contributed by atoms with Crippen LogP contribution >= 0.6 is 11.6 Å². The summed E-state index contributed by atoms with van der Waals surface area (Å²) in [7, 11) is -2.03. The van der Waals surface area contributed by atoms with Gasteiger partial charge in [-0.3, -0.25) is 0 Å². The number of hydrogen-bond donors (Lipinski definition) is 0. The van der Waals surface area contributed by atoms with Gasteiger partial charge in [0.25, 0.3) is 0 Å². The third kappa shape index (κ3) is 3.68. The van der Waals surface area contributed by atoms with Crippen LogP contribution in [0.4, 0.5) is 0 Å². The fraction of sp³-hybridized carbons (Fsp3) is 0.238. The summed E-state index contributed by atoms with van der Waals surface area (Å²) in [5, 5.41) is 5.48. The highest BCUT2D eigenvalue weighted by Crippen LogP contribution is 2.39. The van der Waals surface area contributed by atoms with Gasteiger partial charge in [-0.15, -0.1) is 0 Å². The van der Waals surface area contributed by atoms with Crippen LogP contribution in [0.25, 0.3) is 10.9 Å². The molecule has 0 bridgehead atoms. The highest BCUT2D eigenvalue weighted by Gasteiger charge is 2.36. The Morgan fingerprint density at radius 2 is 1.90 bits per heavy atom. The number of aromatic nitrogens is 1. The maximum absolute atomic E-state index is 12.5. The van der Waals surface area contributed by atoms with Gasteiger partial charge in [0.15, 0.2) is 0 Å². The van der Waals surface area contributed by atoms with Gasteiger partial charge in [-0.2, -0.15) is 9.52 Å². The predicted octanol–water partition coefficient (Wildman–Crippen LogP) is 4.32. The Labute approximate surface area is 174 Å². The monoisotopic (exact) mass is 429 g/mol. The lowest BCUT2D eigenvalue weighted by Crippen LogP contribution is -2.26. The summed E-state index contributed by atoms with van der Waals surface area (Å²) in [6, 6.07) is 14.7. The van der Waals surface area contributed by atoms with E-state index in [9.17, 15) is 8.42 Å². The molecule has 3 aromatic rings. The van der Waals surface area contributed by atoms with Crippen LogP contribution in [0.1, 0.15) is 29.2 Å². The molecule has 0 N–H and O–H groups in total. The standard InChI is InChI=1S/C21H20ClN3O3S/c1-13-7-9-14(10-8-13)17-12-18(25(24-17)29(3,26)27)16-11-15-5-4-6-19(28-2)20(15)23-21(16)22/h4-11,18H,12H2,1-3H3/t18-/m0/s1. The van der Waals surface area contributed by atoms with Gasteiger partial charge >= 0.3 is 0 Å². The SMILES string of the molecule is COc1cccc2cc([C@@H]3CC(c4ccc(C)cc4)=NN3S(C)(=O)=O)c(Cl)nc12. The van der Waals surface area contributed by atoms with E-state index >= 15 is 0 Å². The molecule has 0 aliphatic carbocycles. The van der Waals surface area contributed by atoms with Gasteiger partial charge in [-0.05, 0) is 24.6 Å². The molecule has 1 aliphatic rings. The van der Waals surface area contributed by atoms with Crippen molar-refractivity contribution in [2.75, 3.05) is 13.4 Å². The van der Waals surface area contributed by atoms with Crippen LogP contribution in [0.15, 0.2) is 53.6 Å². The lowest BCUT2D eigenvalue weighted by atomic mass is 9.98. The van der Waals surface area contributed by atoms with Crippen molar-refractivity contribution in [2.24, 2.45) is 5.10 Å². The molecule has 0 fully saturated rings. The molecule has 8 heteroatoms. The van der Waals surface area contributed by atoms with E-state index in [0.717, 1.165) is 27.2 Å². The lowest BCUT2D eigenvalue weighted by molar-refractivity contribution is 0.374. The number of ether oxygens (including phenoxy) is 1. The molecule has 1 atom stereocenters. The van der Waals surface area contributed by atoms with Gasteiger partial charge in [0, 0.05) is 17.4 Å². The quantitative estimate of drug-likeness (QED) is 0.579. The van der Waals surface area contributed by atoms with Crippen LogP contribution < -0.4 is 4.74 Å². The average Bonchev–Trinajstić information content (AvgIpc) is 3.13. The molecule has 29 heavy (non-hydrogen) atoms. The van der Waals surface area contributed by atoms with E-state index in [1.165, 1.54) is 0 Å². The number of methoxy groups -OCH3 is 1. The minimum Gasteiger partial charge on any atom is -0.494 e. The molecule has 0 spiro atoms. The number of rotatable bonds is 4. The lowest BCUT2D eigenvalue weighted by Gasteiger charge is -2.22. The van der Waals surface area contributed by atoms with Gasteiger partial charge < -0.3 is 4.74 Å². The second kappa shape index (κ2) is 7.31. The number of fused-ring (bicyclic) bond motifs is 1. The molecular weight excluding hydrogens is 410 g/mol. The first-order valence-electron chi connectivity index (χ1n) is 9.05. The van der Waals surface area contributed by atoms with Gasteiger partial charge in [0.05, 0.1) is 25.1 Å². The number of para-hydroxylation sites is 1. The molecule has 0 radical (unpaired) electrons. The molecule has 1 aliphatic heterocycles. The van der Waals surface area contributed by atoms with Crippen LogP contribution in [0.3, 0.4) is 0 Å². The van der Waals surface area contributed by atoms with Crippen LogP contribution in [-0.4, -0.2) is 36.9 Å². The van der Waals surface area contributed by atoms with Crippen molar-refractivity contribution >= 4 is 38.2 Å². The van der Waals surface area contributed by atoms with Crippen LogP contribution in [0, 0.1) is 6.92 Å². The molecular formula is C21H20ClN3O3S. The van der Waals surface area contributed by atoms with Crippen molar-refractivity contribution in [2.45, 2.75) is 19.4 Å². The second-order valence-electron chi connectivity index (χ2n) is 7.07. The third-order valence-electron chi connectivity index (χ3n) is 4.97. The van der Waals surface area contributed by atoms with Crippen molar-refractivity contribution in [3.63, 3.8) is 0 Å². The number of hydrazone groups is 1. The van der Waals surface area contributed by atoms with Gasteiger partial charge in [0.1, 0.15) is 16.4 Å². The molecule has 4 rings (SSSR count). The zero-order valence-electron chi connectivity index (χ0n) is 16.3. The fourth-order valence-electron chi connectivity index (χ4n) is 3.51. The number of nitrogens with zero attached hydrogens (tertiary/aromatic N) is 3. The molecule has 150 valence electrons. The third-order valence-corrected chi connectivity index (χ3v) is 6.28. The first kappa shape index (κ1) is 19.7. The van der Waals surface area contributed by atoms with E-state index in [0.29, 0.717) is 29.0 Å². The first-order chi connectivity index (χ1) is 13.8. The smallest absolute Gasteiger partial charge is 0.247 e. The summed E-state index contributed by atoms with van der Waals surface area (Å²) in [6.45, 7) is 2.00. The summed E-state index contributed by atoms with van der Waals surface area (Å²) >= 11 is 6.50. The van der Waals surface area contributed by atoms with Crippen molar-refractivity contribution in [3.05, 3.63) is 70.4 Å². The number of aryl methyl sites for hydroxylation is 1. The number of sulfonamides is 1. The van der Waals surface area contributed by atoms with Gasteiger partial charge in [-0.25, -0.2) is 13.4 Å². The maximum atomic E-state index is 12.5. The van der Waals surface area contributed by atoms with Crippen LogP contribution in [0.5, 0.6) is 5.75 Å². The molecule has 0 amide bonds. The largest absolute Gasteiger partial charge is 0.494 e. The van der Waals surface area contributed by atoms with Crippen molar-refractivity contribution < 1.29 is 13.2 Å². The molecule has 1 aromatic heterocycles. The minimum atomic E-state index is -3.60. The summed E-state index contributed by atoms with van der Waals surface area (Å²) in [6.07, 6.45) is 1.56. The number of halogens is 1. The molecule has 0 saturated heterocycles. The second-order valence-corrected chi connectivity index (χ2v) is 9.27. The van der Waals surface area contributed by atoms with E-state index in [-0.39, 0.29) is 5.15 Å². The Hall–Kier alpha value is -2.64. The topological polar surface area (TPSA) is 71.9 Å². The minimum absolute atomic E-state index is 0.237. The summed E-state index contributed by atoms with van der Waals surface area (Å²) < 4.78 is 31.4. The zero-order chi connectivity index (χ0) is 20.8. The Balaban J connectivity index is 1.81. The number of benzene rings is 2. The predicted molar refractivity (Wildman–Crippen MR) is 115 cm³/mol. The Kier molecular flexibility index (Phi) is 4.96. The first-order valence-corrected chi connectivity index (χ1v) is 11.3. The highest BCUT2D eigenvalue weighted by molar-refractivity contribution is 7.88. The Morgan fingerprint density at radius 3 is 2.55 bits per heavy atom. The fourth-order valence-corrected chi connectivity index (χ4v) is 4.67. The highest BCUT2D eigenvalue weighted by atomic mass is 35.5. The van der Waals surface area contributed by atoms with Gasteiger partial charge in [0.2, 0.25) is 10.0 Å². The van der Waals surface area contributed by atoms with Gasteiger partial charge in [-0.1, -0.05) is 53.6 Å². The molecule has 2 aromatic carbocycles. The van der Waals surface area contributed by atoms with E-state index in [4.69, 9.17) is 16.3 Å². The molecule has 0 unspecified atom stereocenters. The zero-order valence-corrected chi connectivity index (χ0v) is 17.8. The number of pyridine rings is 1. The summed E-state index contributed by atoms with van der Waals surface area (Å²) in [5.41, 5.74) is 3.95. The van der Waals surface area contributed by atoms with Crippen molar-refractivity contribution in [3.8, 4) is 5.75 Å². The number of hydrogen-bond acceptors (Lipinski definition) is 5. The average molecular weight is 430 g/mol. The van der Waals surface area contributed by atoms with Crippen LogP contribution in [-0.2, 0) is 10.0 Å². The normalized spacial score (nSPS) is 16.9. The molecule has 6 nitrogen and oxygen atoms in total. The summed E-state index contributed by atoms with van der Waals surface area (Å²) in [5.74, 6) is 0.610. The van der Waals surface area contributed by atoms with Crippen LogP contribution in [0.2, 0.25) is 5.15 Å². The van der Waals surface area contributed by atoms with E-state index < -0.39 is 16.1 Å². The van der Waals surface area contributed by atoms with E-state index in [1.807, 2.05) is 55.5 Å². The van der Waals surface area contributed by atoms with E-state index in [2.05, 4.69) is 10.1 Å². The van der Waals surface area contributed by atoms with E-state index in [1.54, 1.807) is 7.11 Å². The van der Waals surface area contributed by atoms with Crippen molar-refractivity contribution in [1.29, 1.82) is 0 Å². The van der Waals surface area contributed by atoms with Crippen molar-refractivity contribution in [1.82, 2.24) is 9.40 Å². The summed E-state index contributed by atoms with van der Waals surface area (Å²) in [4.78, 5) is 4.48.